The van der Waals surface area contributed by atoms with Crippen molar-refractivity contribution in [2.75, 3.05) is 11.9 Å². The van der Waals surface area contributed by atoms with Gasteiger partial charge in [0.05, 0.1) is 0 Å². The molecular formula is C9H12IN3. The van der Waals surface area contributed by atoms with E-state index in [0.717, 1.165) is 9.52 Å². The molecule has 1 aliphatic rings. The van der Waals surface area contributed by atoms with E-state index in [1.807, 2.05) is 12.4 Å². The number of hydrogen-bond donors (Lipinski definition) is 0. The lowest BCUT2D eigenvalue weighted by Crippen LogP contribution is -2.38. The normalized spacial score (nSPS) is 16.8. The number of nitrogens with zero attached hydrogens (tertiary/aromatic N) is 3. The number of anilines is 1. The molecule has 1 aromatic heterocycles. The van der Waals surface area contributed by atoms with Gasteiger partial charge in [0.2, 0.25) is 5.95 Å². The third-order valence-corrected chi connectivity index (χ3v) is 3.10. The largest absolute Gasteiger partial charge is 0.341 e. The standard InChI is InChI=1S/C9H12IN3/c1-13(8-3-2-4-8)9-11-5-7(10)6-12-9/h5-6,8H,2-4H2,1H3. The molecule has 0 spiro atoms. The van der Waals surface area contributed by atoms with Gasteiger partial charge in [0.15, 0.2) is 0 Å². The Morgan fingerprint density at radius 3 is 2.46 bits per heavy atom. The first-order chi connectivity index (χ1) is 6.27. The van der Waals surface area contributed by atoms with Gasteiger partial charge in [-0.05, 0) is 41.9 Å². The number of halogens is 1. The van der Waals surface area contributed by atoms with Crippen LogP contribution in [0.5, 0.6) is 0 Å². The maximum atomic E-state index is 4.29. The molecule has 0 radical (unpaired) electrons. The predicted molar refractivity (Wildman–Crippen MR) is 60.8 cm³/mol. The van der Waals surface area contributed by atoms with Crippen LogP contribution in [-0.4, -0.2) is 23.1 Å². The van der Waals surface area contributed by atoms with Crippen LogP contribution in [0.15, 0.2) is 12.4 Å². The molecule has 70 valence electrons. The van der Waals surface area contributed by atoms with Gasteiger partial charge in [-0.15, -0.1) is 0 Å². The Labute approximate surface area is 91.7 Å². The Kier molecular flexibility index (Phi) is 2.66. The smallest absolute Gasteiger partial charge is 0.225 e. The Morgan fingerprint density at radius 2 is 2.00 bits per heavy atom. The van der Waals surface area contributed by atoms with Crippen LogP contribution in [0.1, 0.15) is 19.3 Å². The van der Waals surface area contributed by atoms with Crippen LogP contribution >= 0.6 is 22.6 Å². The summed E-state index contributed by atoms with van der Waals surface area (Å²) in [4.78, 5) is 10.8. The molecule has 2 rings (SSSR count). The maximum absolute atomic E-state index is 4.29. The van der Waals surface area contributed by atoms with E-state index in [4.69, 9.17) is 0 Å². The van der Waals surface area contributed by atoms with Crippen molar-refractivity contribution < 1.29 is 0 Å². The van der Waals surface area contributed by atoms with E-state index in [1.165, 1.54) is 19.3 Å². The molecule has 0 atom stereocenters. The summed E-state index contributed by atoms with van der Waals surface area (Å²) in [5, 5.41) is 0. The molecule has 13 heavy (non-hydrogen) atoms. The van der Waals surface area contributed by atoms with Crippen LogP contribution in [0.4, 0.5) is 5.95 Å². The quantitative estimate of drug-likeness (QED) is 0.780. The summed E-state index contributed by atoms with van der Waals surface area (Å²) < 4.78 is 1.09. The Balaban J connectivity index is 2.10. The fraction of sp³-hybridized carbons (Fsp3) is 0.556. The molecule has 3 nitrogen and oxygen atoms in total. The molecule has 0 N–H and O–H groups in total. The second kappa shape index (κ2) is 3.77. The van der Waals surface area contributed by atoms with E-state index < -0.39 is 0 Å². The predicted octanol–water partition coefficient (Wildman–Crippen LogP) is 2.07. The lowest BCUT2D eigenvalue weighted by Gasteiger charge is -2.34. The summed E-state index contributed by atoms with van der Waals surface area (Å²) in [7, 11) is 2.08. The van der Waals surface area contributed by atoms with Crippen LogP contribution in [0.2, 0.25) is 0 Å². The second-order valence-electron chi connectivity index (χ2n) is 3.40. The average Bonchev–Trinajstić information content (AvgIpc) is 2.02. The van der Waals surface area contributed by atoms with Gasteiger partial charge in [-0.2, -0.15) is 0 Å². The van der Waals surface area contributed by atoms with Crippen molar-refractivity contribution in [1.29, 1.82) is 0 Å². The van der Waals surface area contributed by atoms with Gasteiger partial charge in [-0.3, -0.25) is 0 Å². The summed E-state index contributed by atoms with van der Waals surface area (Å²) in [5.74, 6) is 0.852. The van der Waals surface area contributed by atoms with Crippen molar-refractivity contribution in [2.45, 2.75) is 25.3 Å². The van der Waals surface area contributed by atoms with Gasteiger partial charge < -0.3 is 4.90 Å². The van der Waals surface area contributed by atoms with Gasteiger partial charge in [0.25, 0.3) is 0 Å². The van der Waals surface area contributed by atoms with E-state index in [0.29, 0.717) is 6.04 Å². The number of rotatable bonds is 2. The summed E-state index contributed by atoms with van der Waals surface area (Å²) >= 11 is 2.22. The van der Waals surface area contributed by atoms with Crippen molar-refractivity contribution >= 4 is 28.5 Å². The highest BCUT2D eigenvalue weighted by Gasteiger charge is 2.23. The molecule has 0 aromatic carbocycles. The molecule has 0 unspecified atom stereocenters. The van der Waals surface area contributed by atoms with E-state index in [9.17, 15) is 0 Å². The summed E-state index contributed by atoms with van der Waals surface area (Å²) in [6.45, 7) is 0. The monoisotopic (exact) mass is 289 g/mol. The third kappa shape index (κ3) is 1.92. The van der Waals surface area contributed by atoms with E-state index in [1.54, 1.807) is 0 Å². The van der Waals surface area contributed by atoms with E-state index >= 15 is 0 Å². The SMILES string of the molecule is CN(c1ncc(I)cn1)C1CCC1. The molecule has 1 saturated carbocycles. The first kappa shape index (κ1) is 9.18. The molecule has 0 bridgehead atoms. The van der Waals surface area contributed by atoms with Crippen molar-refractivity contribution in [1.82, 2.24) is 9.97 Å². The van der Waals surface area contributed by atoms with Crippen LogP contribution in [0.25, 0.3) is 0 Å². The van der Waals surface area contributed by atoms with Gasteiger partial charge in [0, 0.05) is 29.1 Å². The molecule has 1 heterocycles. The Hall–Kier alpha value is -0.390. The Bertz CT molecular complexity index is 281. The third-order valence-electron chi connectivity index (χ3n) is 2.54. The lowest BCUT2D eigenvalue weighted by atomic mass is 9.92. The van der Waals surface area contributed by atoms with Crippen LogP contribution in [0, 0.1) is 3.57 Å². The lowest BCUT2D eigenvalue weighted by molar-refractivity contribution is 0.397. The van der Waals surface area contributed by atoms with Crippen molar-refractivity contribution in [3.63, 3.8) is 0 Å². The number of aromatic nitrogens is 2. The highest BCUT2D eigenvalue weighted by molar-refractivity contribution is 14.1. The highest BCUT2D eigenvalue weighted by Crippen LogP contribution is 2.25. The zero-order valence-electron chi connectivity index (χ0n) is 7.57. The molecule has 4 heteroatoms. The summed E-state index contributed by atoms with van der Waals surface area (Å²) in [5.41, 5.74) is 0. The minimum Gasteiger partial charge on any atom is -0.341 e. The first-order valence-corrected chi connectivity index (χ1v) is 5.55. The first-order valence-electron chi connectivity index (χ1n) is 4.48. The van der Waals surface area contributed by atoms with Crippen LogP contribution in [0.3, 0.4) is 0 Å². The summed E-state index contributed by atoms with van der Waals surface area (Å²) in [6.07, 6.45) is 7.63. The summed E-state index contributed by atoms with van der Waals surface area (Å²) in [6, 6.07) is 0.667. The molecule has 0 saturated heterocycles. The molecule has 0 amide bonds. The molecule has 1 aliphatic carbocycles. The van der Waals surface area contributed by atoms with E-state index in [2.05, 4.69) is 44.5 Å². The fourth-order valence-corrected chi connectivity index (χ4v) is 1.70. The second-order valence-corrected chi connectivity index (χ2v) is 4.64. The van der Waals surface area contributed by atoms with E-state index in [-0.39, 0.29) is 0 Å². The van der Waals surface area contributed by atoms with Gasteiger partial charge in [-0.1, -0.05) is 0 Å². The van der Waals surface area contributed by atoms with Crippen LogP contribution in [-0.2, 0) is 0 Å². The van der Waals surface area contributed by atoms with Gasteiger partial charge >= 0.3 is 0 Å². The minimum absolute atomic E-state index is 0.667. The highest BCUT2D eigenvalue weighted by atomic mass is 127. The minimum atomic E-state index is 0.667. The van der Waals surface area contributed by atoms with Crippen molar-refractivity contribution in [3.05, 3.63) is 16.0 Å². The zero-order chi connectivity index (χ0) is 9.26. The molecular weight excluding hydrogens is 277 g/mol. The molecule has 1 fully saturated rings. The average molecular weight is 289 g/mol. The molecule has 1 aromatic rings. The topological polar surface area (TPSA) is 29.0 Å². The number of hydrogen-bond acceptors (Lipinski definition) is 3. The van der Waals surface area contributed by atoms with Gasteiger partial charge in [0.1, 0.15) is 0 Å². The van der Waals surface area contributed by atoms with Crippen molar-refractivity contribution in [3.8, 4) is 0 Å². The van der Waals surface area contributed by atoms with Crippen molar-refractivity contribution in [2.24, 2.45) is 0 Å². The molecule has 0 aliphatic heterocycles. The van der Waals surface area contributed by atoms with Gasteiger partial charge in [-0.25, -0.2) is 9.97 Å². The maximum Gasteiger partial charge on any atom is 0.225 e. The van der Waals surface area contributed by atoms with Crippen LogP contribution < -0.4 is 4.90 Å². The fourth-order valence-electron chi connectivity index (χ4n) is 1.42. The zero-order valence-corrected chi connectivity index (χ0v) is 9.73. The Morgan fingerprint density at radius 1 is 1.38 bits per heavy atom.